The summed E-state index contributed by atoms with van der Waals surface area (Å²) in [5.74, 6) is -1.21. The van der Waals surface area contributed by atoms with E-state index in [0.717, 1.165) is 18.8 Å². The van der Waals surface area contributed by atoms with Crippen molar-refractivity contribution >= 4 is 22.6 Å². The highest BCUT2D eigenvalue weighted by Gasteiger charge is 2.34. The number of piperazine rings is 1. The maximum atomic E-state index is 13.4. The molecule has 0 saturated carbocycles. The van der Waals surface area contributed by atoms with Gasteiger partial charge in [0.1, 0.15) is 5.56 Å². The van der Waals surface area contributed by atoms with Gasteiger partial charge in [-0.2, -0.15) is 13.2 Å². The van der Waals surface area contributed by atoms with Crippen LogP contribution in [0.3, 0.4) is 0 Å². The first-order valence-electron chi connectivity index (χ1n) is 9.58. The largest absolute Gasteiger partial charge is 0.478 e. The summed E-state index contributed by atoms with van der Waals surface area (Å²) in [7, 11) is 0. The van der Waals surface area contributed by atoms with Crippen LogP contribution in [-0.2, 0) is 12.7 Å². The zero-order valence-corrected chi connectivity index (χ0v) is 16.1. The van der Waals surface area contributed by atoms with Crippen molar-refractivity contribution in [2.24, 2.45) is 0 Å². The Hall–Kier alpha value is -3.13. The molecule has 5 nitrogen and oxygen atoms in total. The van der Waals surface area contributed by atoms with E-state index in [9.17, 15) is 23.1 Å². The number of rotatable bonds is 4. The SMILES string of the molecule is O=C(O)c1cnc2c(C(F)(F)F)cccc2c1N1CCN(Cc2ccccc2)CC1. The standard InChI is InChI=1S/C22H20F3N3O2/c23-22(24,25)18-8-4-7-16-19(18)26-13-17(21(29)30)20(16)28-11-9-27(10-12-28)14-15-5-2-1-3-6-15/h1-8,13H,9-12,14H2,(H,29,30). The molecule has 156 valence electrons. The number of aromatic nitrogens is 1. The zero-order chi connectivity index (χ0) is 21.3. The predicted octanol–water partition coefficient (Wildman–Crippen LogP) is 4.27. The van der Waals surface area contributed by atoms with Crippen LogP contribution in [0, 0.1) is 0 Å². The molecular formula is C22H20F3N3O2. The van der Waals surface area contributed by atoms with Gasteiger partial charge in [0.05, 0.1) is 16.8 Å². The van der Waals surface area contributed by atoms with E-state index in [4.69, 9.17) is 0 Å². The van der Waals surface area contributed by atoms with E-state index >= 15 is 0 Å². The lowest BCUT2D eigenvalue weighted by Crippen LogP contribution is -2.46. The number of carboxylic acids is 1. The highest BCUT2D eigenvalue weighted by molar-refractivity contribution is 6.05. The van der Waals surface area contributed by atoms with Gasteiger partial charge in [-0.15, -0.1) is 0 Å². The third-order valence-electron chi connectivity index (χ3n) is 5.34. The number of nitrogens with zero attached hydrogens (tertiary/aromatic N) is 3. The fraction of sp³-hybridized carbons (Fsp3) is 0.273. The minimum Gasteiger partial charge on any atom is -0.478 e. The fourth-order valence-electron chi connectivity index (χ4n) is 3.91. The van der Waals surface area contributed by atoms with Crippen LogP contribution in [0.4, 0.5) is 18.9 Å². The Kier molecular flexibility index (Phi) is 5.34. The van der Waals surface area contributed by atoms with Crippen molar-refractivity contribution in [1.29, 1.82) is 0 Å². The molecule has 0 atom stereocenters. The number of benzene rings is 2. The molecule has 2 heterocycles. The monoisotopic (exact) mass is 415 g/mol. The molecule has 1 N–H and O–H groups in total. The first-order chi connectivity index (χ1) is 14.3. The Morgan fingerprint density at radius 1 is 1.00 bits per heavy atom. The topological polar surface area (TPSA) is 56.7 Å². The number of carbonyl (C=O) groups is 1. The van der Waals surface area contributed by atoms with E-state index < -0.39 is 17.7 Å². The number of hydrogen-bond donors (Lipinski definition) is 1. The Bertz CT molecular complexity index is 1060. The average molecular weight is 415 g/mol. The van der Waals surface area contributed by atoms with Gasteiger partial charge >= 0.3 is 12.1 Å². The zero-order valence-electron chi connectivity index (χ0n) is 16.1. The van der Waals surface area contributed by atoms with E-state index in [-0.39, 0.29) is 16.5 Å². The molecule has 4 rings (SSSR count). The first kappa shape index (κ1) is 20.2. The Morgan fingerprint density at radius 2 is 1.70 bits per heavy atom. The Morgan fingerprint density at radius 3 is 2.33 bits per heavy atom. The maximum absolute atomic E-state index is 13.4. The molecule has 0 radical (unpaired) electrons. The molecule has 0 bridgehead atoms. The number of fused-ring (bicyclic) bond motifs is 1. The second-order valence-corrected chi connectivity index (χ2v) is 7.27. The summed E-state index contributed by atoms with van der Waals surface area (Å²) in [6.07, 6.45) is -3.53. The summed E-state index contributed by atoms with van der Waals surface area (Å²) in [5, 5.41) is 9.84. The number of para-hydroxylation sites is 1. The van der Waals surface area contributed by atoms with Crippen molar-refractivity contribution in [1.82, 2.24) is 9.88 Å². The number of carboxylic acid groups (broad SMARTS) is 1. The lowest BCUT2D eigenvalue weighted by molar-refractivity contribution is -0.136. The lowest BCUT2D eigenvalue weighted by Gasteiger charge is -2.37. The van der Waals surface area contributed by atoms with Crippen LogP contribution in [0.1, 0.15) is 21.5 Å². The Labute approximate surface area is 171 Å². The van der Waals surface area contributed by atoms with Crippen LogP contribution in [0.25, 0.3) is 10.9 Å². The van der Waals surface area contributed by atoms with Crippen LogP contribution in [-0.4, -0.2) is 47.1 Å². The summed E-state index contributed by atoms with van der Waals surface area (Å²) in [5.41, 5.74) is 0.315. The summed E-state index contributed by atoms with van der Waals surface area (Å²) >= 11 is 0. The highest BCUT2D eigenvalue weighted by Crippen LogP contribution is 2.38. The summed E-state index contributed by atoms with van der Waals surface area (Å²) in [6.45, 7) is 3.16. The van der Waals surface area contributed by atoms with Gasteiger partial charge in [0.15, 0.2) is 0 Å². The third kappa shape index (κ3) is 3.95. The molecular weight excluding hydrogens is 395 g/mol. The molecule has 8 heteroatoms. The molecule has 0 amide bonds. The molecule has 30 heavy (non-hydrogen) atoms. The summed E-state index contributed by atoms with van der Waals surface area (Å²) in [4.78, 5) is 19.8. The Balaban J connectivity index is 1.66. The quantitative estimate of drug-likeness (QED) is 0.690. The number of pyridine rings is 1. The van der Waals surface area contributed by atoms with Crippen molar-refractivity contribution in [3.63, 3.8) is 0 Å². The maximum Gasteiger partial charge on any atom is 0.418 e. The number of anilines is 1. The average Bonchev–Trinajstić information content (AvgIpc) is 2.73. The number of aromatic carboxylic acids is 1. The van der Waals surface area contributed by atoms with E-state index in [1.54, 1.807) is 0 Å². The molecule has 1 aliphatic heterocycles. The lowest BCUT2D eigenvalue weighted by atomic mass is 10.0. The van der Waals surface area contributed by atoms with Gasteiger partial charge in [0.2, 0.25) is 0 Å². The number of hydrogen-bond acceptors (Lipinski definition) is 4. The molecule has 0 unspecified atom stereocenters. The predicted molar refractivity (Wildman–Crippen MR) is 108 cm³/mol. The van der Waals surface area contributed by atoms with Gasteiger partial charge < -0.3 is 10.0 Å². The molecule has 1 saturated heterocycles. The molecule has 0 aliphatic carbocycles. The summed E-state index contributed by atoms with van der Waals surface area (Å²) < 4.78 is 40.3. The molecule has 1 aliphatic rings. The molecule has 1 fully saturated rings. The minimum atomic E-state index is -4.57. The van der Waals surface area contributed by atoms with E-state index in [1.165, 1.54) is 17.7 Å². The van der Waals surface area contributed by atoms with Crippen molar-refractivity contribution in [2.75, 3.05) is 31.1 Å². The van der Waals surface area contributed by atoms with E-state index in [2.05, 4.69) is 9.88 Å². The minimum absolute atomic E-state index is 0.0849. The van der Waals surface area contributed by atoms with E-state index in [0.29, 0.717) is 31.9 Å². The van der Waals surface area contributed by atoms with Crippen LogP contribution in [0.2, 0.25) is 0 Å². The van der Waals surface area contributed by atoms with Crippen molar-refractivity contribution in [3.05, 3.63) is 71.4 Å². The molecule has 2 aromatic carbocycles. The fourth-order valence-corrected chi connectivity index (χ4v) is 3.91. The van der Waals surface area contributed by atoms with Gasteiger partial charge in [-0.05, 0) is 11.6 Å². The number of halogens is 3. The van der Waals surface area contributed by atoms with Crippen molar-refractivity contribution < 1.29 is 23.1 Å². The van der Waals surface area contributed by atoms with Crippen molar-refractivity contribution in [3.8, 4) is 0 Å². The van der Waals surface area contributed by atoms with Gasteiger partial charge in [0, 0.05) is 44.3 Å². The van der Waals surface area contributed by atoms with Crippen LogP contribution < -0.4 is 4.90 Å². The third-order valence-corrected chi connectivity index (χ3v) is 5.34. The molecule has 3 aromatic rings. The van der Waals surface area contributed by atoms with E-state index in [1.807, 2.05) is 35.2 Å². The summed E-state index contributed by atoms with van der Waals surface area (Å²) in [6, 6.07) is 13.8. The van der Waals surface area contributed by atoms with Gasteiger partial charge in [0.25, 0.3) is 0 Å². The van der Waals surface area contributed by atoms with Crippen molar-refractivity contribution in [2.45, 2.75) is 12.7 Å². The first-order valence-corrected chi connectivity index (χ1v) is 9.58. The van der Waals surface area contributed by atoms with Gasteiger partial charge in [-0.25, -0.2) is 4.79 Å². The highest BCUT2D eigenvalue weighted by atomic mass is 19.4. The van der Waals surface area contributed by atoms with Crippen LogP contribution >= 0.6 is 0 Å². The number of alkyl halides is 3. The van der Waals surface area contributed by atoms with Gasteiger partial charge in [-0.3, -0.25) is 9.88 Å². The van der Waals surface area contributed by atoms with Crippen LogP contribution in [0.5, 0.6) is 0 Å². The van der Waals surface area contributed by atoms with Gasteiger partial charge in [-0.1, -0.05) is 42.5 Å². The van der Waals surface area contributed by atoms with Crippen LogP contribution in [0.15, 0.2) is 54.7 Å². The second kappa shape index (κ2) is 7.95. The molecule has 1 aromatic heterocycles. The molecule has 0 spiro atoms. The normalized spacial score (nSPS) is 15.5. The smallest absolute Gasteiger partial charge is 0.418 e. The second-order valence-electron chi connectivity index (χ2n) is 7.27.